The van der Waals surface area contributed by atoms with Gasteiger partial charge in [-0.25, -0.2) is 9.97 Å². The Morgan fingerprint density at radius 3 is 2.93 bits per heavy atom. The molecule has 3 rings (SSSR count). The van der Waals surface area contributed by atoms with Crippen molar-refractivity contribution < 1.29 is 0 Å². The summed E-state index contributed by atoms with van der Waals surface area (Å²) in [6.07, 6.45) is 5.78. The first kappa shape index (κ1) is 8.42. The van der Waals surface area contributed by atoms with E-state index in [4.69, 9.17) is 5.26 Å². The van der Waals surface area contributed by atoms with Crippen LogP contribution in [0.25, 0.3) is 5.65 Å². The molecule has 0 aromatic carbocycles. The van der Waals surface area contributed by atoms with Gasteiger partial charge < -0.3 is 0 Å². The number of nitriles is 1. The van der Waals surface area contributed by atoms with E-state index >= 15 is 0 Å². The Morgan fingerprint density at radius 1 is 1.47 bits per heavy atom. The van der Waals surface area contributed by atoms with E-state index in [1.54, 1.807) is 12.5 Å². The van der Waals surface area contributed by atoms with Crippen molar-refractivity contribution in [1.82, 2.24) is 14.4 Å². The third-order valence-corrected chi connectivity index (χ3v) is 2.85. The molecule has 1 fully saturated rings. The highest BCUT2D eigenvalue weighted by Gasteiger charge is 2.29. The Bertz CT molecular complexity index is 572. The minimum absolute atomic E-state index is 0.527. The van der Waals surface area contributed by atoms with Gasteiger partial charge in [0.25, 0.3) is 0 Å². The van der Waals surface area contributed by atoms with Crippen LogP contribution in [0.1, 0.15) is 35.7 Å². The second kappa shape index (κ2) is 2.80. The maximum absolute atomic E-state index is 9.04. The van der Waals surface area contributed by atoms with Crippen molar-refractivity contribution >= 4 is 5.65 Å². The molecule has 0 saturated heterocycles. The average Bonchev–Trinajstić information content (AvgIpc) is 3.02. The van der Waals surface area contributed by atoms with Gasteiger partial charge in [-0.1, -0.05) is 0 Å². The Labute approximate surface area is 87.2 Å². The van der Waals surface area contributed by atoms with E-state index in [0.717, 1.165) is 17.0 Å². The summed E-state index contributed by atoms with van der Waals surface area (Å²) in [4.78, 5) is 8.49. The van der Waals surface area contributed by atoms with Crippen LogP contribution in [0.15, 0.2) is 12.5 Å². The second-order valence-corrected chi connectivity index (χ2v) is 3.97. The van der Waals surface area contributed by atoms with Crippen molar-refractivity contribution in [3.05, 3.63) is 29.5 Å². The summed E-state index contributed by atoms with van der Waals surface area (Å²) in [5.74, 6) is 0.527. The lowest BCUT2D eigenvalue weighted by Gasteiger charge is -2.05. The number of aromatic nitrogens is 3. The maximum Gasteiger partial charge on any atom is 0.159 e. The van der Waals surface area contributed by atoms with Crippen molar-refractivity contribution in [2.24, 2.45) is 0 Å². The van der Waals surface area contributed by atoms with Gasteiger partial charge in [0.05, 0.1) is 11.3 Å². The predicted octanol–water partition coefficient (Wildman–Crippen LogP) is 1.79. The number of hydrogen-bond donors (Lipinski definition) is 0. The molecule has 0 unspecified atom stereocenters. The minimum atomic E-state index is 0.527. The van der Waals surface area contributed by atoms with Crippen LogP contribution in [0.4, 0.5) is 0 Å². The highest BCUT2D eigenvalue weighted by molar-refractivity contribution is 5.49. The number of rotatable bonds is 1. The lowest BCUT2D eigenvalue weighted by Crippen LogP contribution is -2.00. The summed E-state index contributed by atoms with van der Waals surface area (Å²) in [5, 5.41) is 9.04. The van der Waals surface area contributed by atoms with Crippen LogP contribution in [0.2, 0.25) is 0 Å². The van der Waals surface area contributed by atoms with E-state index in [-0.39, 0.29) is 0 Å². The van der Waals surface area contributed by atoms with Crippen molar-refractivity contribution in [2.45, 2.75) is 25.7 Å². The van der Waals surface area contributed by atoms with Gasteiger partial charge in [-0.2, -0.15) is 5.26 Å². The van der Waals surface area contributed by atoms with Gasteiger partial charge in [0, 0.05) is 17.8 Å². The van der Waals surface area contributed by atoms with E-state index in [9.17, 15) is 0 Å². The van der Waals surface area contributed by atoms with Crippen LogP contribution in [-0.4, -0.2) is 14.4 Å². The summed E-state index contributed by atoms with van der Waals surface area (Å²) in [5.41, 5.74) is 3.56. The van der Waals surface area contributed by atoms with Gasteiger partial charge in [-0.05, 0) is 19.8 Å². The topological polar surface area (TPSA) is 54.0 Å². The zero-order valence-electron chi connectivity index (χ0n) is 8.44. The van der Waals surface area contributed by atoms with Gasteiger partial charge in [-0.3, -0.25) is 4.40 Å². The smallest absolute Gasteiger partial charge is 0.159 e. The molecule has 4 nitrogen and oxygen atoms in total. The van der Waals surface area contributed by atoms with E-state index in [1.807, 2.05) is 11.3 Å². The van der Waals surface area contributed by atoms with Crippen LogP contribution >= 0.6 is 0 Å². The standard InChI is InChI=1S/C11H10N4/c1-7-11-13-5-9(4-12)10(8-2-3-8)15(11)6-14-7/h5-6,8H,2-3H2,1H3. The molecule has 15 heavy (non-hydrogen) atoms. The fourth-order valence-electron chi connectivity index (χ4n) is 1.94. The summed E-state index contributed by atoms with van der Waals surface area (Å²) >= 11 is 0. The Balaban J connectivity index is 2.38. The highest BCUT2D eigenvalue weighted by atomic mass is 15.1. The molecule has 0 radical (unpaired) electrons. The number of fused-ring (bicyclic) bond motifs is 1. The molecule has 0 atom stereocenters. The number of nitrogens with zero attached hydrogens (tertiary/aromatic N) is 4. The first-order chi connectivity index (χ1) is 7.31. The van der Waals surface area contributed by atoms with E-state index < -0.39 is 0 Å². The van der Waals surface area contributed by atoms with E-state index in [0.29, 0.717) is 11.5 Å². The summed E-state index contributed by atoms with van der Waals surface area (Å²) in [6, 6.07) is 2.21. The Hall–Kier alpha value is -1.89. The zero-order chi connectivity index (χ0) is 10.4. The lowest BCUT2D eigenvalue weighted by atomic mass is 10.2. The fraction of sp³-hybridized carbons (Fsp3) is 0.364. The van der Waals surface area contributed by atoms with E-state index in [2.05, 4.69) is 16.0 Å². The molecule has 2 aromatic rings. The molecule has 2 heterocycles. The molecule has 0 bridgehead atoms. The molecule has 0 aliphatic heterocycles. The van der Waals surface area contributed by atoms with Crippen molar-refractivity contribution in [1.29, 1.82) is 5.26 Å². The fourth-order valence-corrected chi connectivity index (χ4v) is 1.94. The van der Waals surface area contributed by atoms with Crippen LogP contribution in [-0.2, 0) is 0 Å². The monoisotopic (exact) mass is 198 g/mol. The van der Waals surface area contributed by atoms with Gasteiger partial charge in [0.1, 0.15) is 12.4 Å². The minimum Gasteiger partial charge on any atom is -0.286 e. The molecular formula is C11H10N4. The summed E-state index contributed by atoms with van der Waals surface area (Å²) < 4.78 is 1.96. The second-order valence-electron chi connectivity index (χ2n) is 3.97. The molecule has 74 valence electrons. The van der Waals surface area contributed by atoms with Crippen LogP contribution in [0.3, 0.4) is 0 Å². The number of hydrogen-bond acceptors (Lipinski definition) is 3. The highest BCUT2D eigenvalue weighted by Crippen LogP contribution is 2.41. The van der Waals surface area contributed by atoms with Gasteiger partial charge in [0.2, 0.25) is 0 Å². The van der Waals surface area contributed by atoms with Gasteiger partial charge in [0.15, 0.2) is 5.65 Å². The van der Waals surface area contributed by atoms with Gasteiger partial charge in [-0.15, -0.1) is 0 Å². The summed E-state index contributed by atoms with van der Waals surface area (Å²) in [7, 11) is 0. The normalized spacial score (nSPS) is 15.5. The molecular weight excluding hydrogens is 188 g/mol. The van der Waals surface area contributed by atoms with Crippen molar-refractivity contribution in [2.75, 3.05) is 0 Å². The average molecular weight is 198 g/mol. The summed E-state index contributed by atoms with van der Waals surface area (Å²) in [6.45, 7) is 1.94. The maximum atomic E-state index is 9.04. The predicted molar refractivity (Wildman–Crippen MR) is 54.4 cm³/mol. The Kier molecular flexibility index (Phi) is 1.57. The molecule has 0 N–H and O–H groups in total. The third-order valence-electron chi connectivity index (χ3n) is 2.85. The van der Waals surface area contributed by atoms with Crippen molar-refractivity contribution in [3.8, 4) is 6.07 Å². The first-order valence-electron chi connectivity index (χ1n) is 5.04. The van der Waals surface area contributed by atoms with Crippen LogP contribution in [0.5, 0.6) is 0 Å². The molecule has 4 heteroatoms. The number of aryl methyl sites for hydroxylation is 1. The molecule has 1 aliphatic carbocycles. The molecule has 2 aromatic heterocycles. The largest absolute Gasteiger partial charge is 0.286 e. The van der Waals surface area contributed by atoms with Crippen LogP contribution in [0, 0.1) is 18.3 Å². The van der Waals surface area contributed by atoms with Gasteiger partial charge >= 0.3 is 0 Å². The lowest BCUT2D eigenvalue weighted by molar-refractivity contribution is 0.932. The molecule has 0 amide bonds. The molecule has 1 aliphatic rings. The molecule has 0 spiro atoms. The quantitative estimate of drug-likeness (QED) is 0.701. The SMILES string of the molecule is Cc1ncn2c(C3CC3)c(C#N)cnc12. The Morgan fingerprint density at radius 2 is 2.27 bits per heavy atom. The van der Waals surface area contributed by atoms with E-state index in [1.165, 1.54) is 12.8 Å². The number of imidazole rings is 1. The first-order valence-corrected chi connectivity index (χ1v) is 5.04. The zero-order valence-corrected chi connectivity index (χ0v) is 8.44. The molecule has 1 saturated carbocycles. The van der Waals surface area contributed by atoms with Crippen LogP contribution < -0.4 is 0 Å². The van der Waals surface area contributed by atoms with Crippen molar-refractivity contribution in [3.63, 3.8) is 0 Å². The third kappa shape index (κ3) is 1.13.